The van der Waals surface area contributed by atoms with Crippen LogP contribution in [0.5, 0.6) is 0 Å². The van der Waals surface area contributed by atoms with Gasteiger partial charge in [0.05, 0.1) is 17.5 Å². The smallest absolute Gasteiger partial charge is 0.276 e. The van der Waals surface area contributed by atoms with E-state index in [0.717, 1.165) is 22.6 Å². The second-order valence-electron chi connectivity index (χ2n) is 5.75. The van der Waals surface area contributed by atoms with E-state index in [1.807, 2.05) is 48.7 Å². The van der Waals surface area contributed by atoms with E-state index in [4.69, 9.17) is 0 Å². The minimum atomic E-state index is -0.270. The van der Waals surface area contributed by atoms with Gasteiger partial charge in [-0.3, -0.25) is 4.79 Å². The van der Waals surface area contributed by atoms with Crippen molar-refractivity contribution in [2.45, 2.75) is 13.8 Å². The van der Waals surface area contributed by atoms with Crippen LogP contribution in [0, 0.1) is 13.8 Å². The van der Waals surface area contributed by atoms with Crippen LogP contribution < -0.4 is 5.32 Å². The van der Waals surface area contributed by atoms with Crippen LogP contribution in [0.1, 0.15) is 21.9 Å². The monoisotopic (exact) mass is 332 g/mol. The van der Waals surface area contributed by atoms with Gasteiger partial charge in [-0.25, -0.2) is 4.98 Å². The van der Waals surface area contributed by atoms with Crippen LogP contribution in [0.4, 0.5) is 5.69 Å². The van der Waals surface area contributed by atoms with E-state index in [9.17, 15) is 4.79 Å². The first-order valence-electron chi connectivity index (χ1n) is 7.85. The molecule has 0 aliphatic carbocycles. The van der Waals surface area contributed by atoms with Gasteiger partial charge in [0.15, 0.2) is 5.69 Å². The fourth-order valence-corrected chi connectivity index (χ4v) is 2.61. The zero-order valence-electron chi connectivity index (χ0n) is 13.8. The van der Waals surface area contributed by atoms with Gasteiger partial charge in [-0.15, -0.1) is 5.10 Å². The van der Waals surface area contributed by atoms with Crippen molar-refractivity contribution < 1.29 is 4.79 Å². The number of aryl methyl sites for hydroxylation is 1. The minimum absolute atomic E-state index is 0.270. The molecule has 0 aliphatic heterocycles. The number of imidazole rings is 1. The van der Waals surface area contributed by atoms with Gasteiger partial charge < -0.3 is 9.88 Å². The van der Waals surface area contributed by atoms with Crippen molar-refractivity contribution in [3.63, 3.8) is 0 Å². The molecule has 1 amide bonds. The first-order chi connectivity index (χ1) is 12.1. The molecule has 0 saturated heterocycles. The van der Waals surface area contributed by atoms with Crippen molar-refractivity contribution in [2.75, 3.05) is 5.32 Å². The summed E-state index contributed by atoms with van der Waals surface area (Å²) in [5, 5.41) is 11.1. The van der Waals surface area contributed by atoms with E-state index in [2.05, 4.69) is 20.5 Å². The maximum atomic E-state index is 12.4. The zero-order valence-corrected chi connectivity index (χ0v) is 13.8. The summed E-state index contributed by atoms with van der Waals surface area (Å²) < 4.78 is 3.44. The molecule has 3 heterocycles. The van der Waals surface area contributed by atoms with Crippen molar-refractivity contribution in [2.24, 2.45) is 0 Å². The number of fused-ring (bicyclic) bond motifs is 1. The number of aromatic nitrogens is 5. The number of nitrogens with one attached hydrogen (secondary N) is 1. The SMILES string of the molecule is Cc1ncn(-c2ccc(NC(=O)c3cc4cccnn4n3)cc2)c1C. The second-order valence-corrected chi connectivity index (χ2v) is 5.75. The van der Waals surface area contributed by atoms with Crippen LogP contribution in [0.3, 0.4) is 0 Å². The number of anilines is 1. The summed E-state index contributed by atoms with van der Waals surface area (Å²) in [5.74, 6) is -0.270. The Morgan fingerprint density at radius 2 is 1.92 bits per heavy atom. The lowest BCUT2D eigenvalue weighted by atomic mass is 10.2. The second kappa shape index (κ2) is 5.86. The average molecular weight is 332 g/mol. The number of hydrogen-bond donors (Lipinski definition) is 1. The van der Waals surface area contributed by atoms with E-state index < -0.39 is 0 Å². The number of benzene rings is 1. The van der Waals surface area contributed by atoms with Gasteiger partial charge in [0, 0.05) is 23.3 Å². The summed E-state index contributed by atoms with van der Waals surface area (Å²) in [6.45, 7) is 4.00. The molecule has 124 valence electrons. The first-order valence-corrected chi connectivity index (χ1v) is 7.85. The molecule has 7 nitrogen and oxygen atoms in total. The molecular weight excluding hydrogens is 316 g/mol. The highest BCUT2D eigenvalue weighted by molar-refractivity contribution is 6.03. The molecule has 0 aliphatic rings. The Kier molecular flexibility index (Phi) is 3.53. The van der Waals surface area contributed by atoms with Crippen molar-refractivity contribution >= 4 is 17.1 Å². The van der Waals surface area contributed by atoms with E-state index in [-0.39, 0.29) is 5.91 Å². The third kappa shape index (κ3) is 2.76. The summed E-state index contributed by atoms with van der Waals surface area (Å²) in [4.78, 5) is 16.7. The zero-order chi connectivity index (χ0) is 17.4. The third-order valence-corrected chi connectivity index (χ3v) is 4.13. The fraction of sp³-hybridized carbons (Fsp3) is 0.111. The van der Waals surface area contributed by atoms with Gasteiger partial charge in [-0.1, -0.05) is 0 Å². The minimum Gasteiger partial charge on any atom is -0.321 e. The van der Waals surface area contributed by atoms with Gasteiger partial charge >= 0.3 is 0 Å². The molecule has 4 rings (SSSR count). The largest absolute Gasteiger partial charge is 0.321 e. The number of carbonyl (C=O) groups is 1. The van der Waals surface area contributed by atoms with Crippen molar-refractivity contribution in [1.29, 1.82) is 0 Å². The third-order valence-electron chi connectivity index (χ3n) is 4.13. The summed E-state index contributed by atoms with van der Waals surface area (Å²) >= 11 is 0. The quantitative estimate of drug-likeness (QED) is 0.626. The Morgan fingerprint density at radius 1 is 1.12 bits per heavy atom. The fourth-order valence-electron chi connectivity index (χ4n) is 2.61. The molecule has 0 unspecified atom stereocenters. The number of hydrogen-bond acceptors (Lipinski definition) is 4. The maximum Gasteiger partial charge on any atom is 0.276 e. The number of carbonyl (C=O) groups excluding carboxylic acids is 1. The lowest BCUT2D eigenvalue weighted by molar-refractivity contribution is 0.102. The van der Waals surface area contributed by atoms with E-state index in [0.29, 0.717) is 11.4 Å². The number of rotatable bonds is 3. The van der Waals surface area contributed by atoms with Crippen LogP contribution >= 0.6 is 0 Å². The standard InChI is InChI=1S/C18H16N6O/c1-12-13(2)23(11-19-12)15-7-5-14(6-8-15)21-18(25)17-10-16-4-3-9-20-24(16)22-17/h3-11H,1-2H3,(H,21,25). The molecule has 0 spiro atoms. The summed E-state index contributed by atoms with van der Waals surface area (Å²) in [6.07, 6.45) is 3.42. The van der Waals surface area contributed by atoms with Gasteiger partial charge in [-0.2, -0.15) is 9.73 Å². The summed E-state index contributed by atoms with van der Waals surface area (Å²) in [7, 11) is 0. The predicted molar refractivity (Wildman–Crippen MR) is 94.0 cm³/mol. The van der Waals surface area contributed by atoms with E-state index >= 15 is 0 Å². The van der Waals surface area contributed by atoms with Gasteiger partial charge in [0.1, 0.15) is 0 Å². The molecule has 3 aromatic heterocycles. The highest BCUT2D eigenvalue weighted by atomic mass is 16.2. The molecule has 0 bridgehead atoms. The Hall–Kier alpha value is -3.48. The normalized spacial score (nSPS) is 11.0. The summed E-state index contributed by atoms with van der Waals surface area (Å²) in [5.41, 5.74) is 4.88. The number of nitrogens with zero attached hydrogens (tertiary/aromatic N) is 5. The first kappa shape index (κ1) is 15.1. The van der Waals surface area contributed by atoms with Crippen LogP contribution in [0.15, 0.2) is 55.0 Å². The van der Waals surface area contributed by atoms with Crippen LogP contribution in [0.2, 0.25) is 0 Å². The number of amides is 1. The molecule has 0 atom stereocenters. The van der Waals surface area contributed by atoms with E-state index in [1.165, 1.54) is 4.63 Å². The van der Waals surface area contributed by atoms with Crippen molar-refractivity contribution in [3.8, 4) is 5.69 Å². The predicted octanol–water partition coefficient (Wildman–Crippen LogP) is 2.78. The van der Waals surface area contributed by atoms with Gasteiger partial charge in [-0.05, 0) is 56.3 Å². The topological polar surface area (TPSA) is 77.1 Å². The average Bonchev–Trinajstić information content (AvgIpc) is 3.20. The molecule has 1 N–H and O–H groups in total. The van der Waals surface area contributed by atoms with E-state index in [1.54, 1.807) is 24.7 Å². The lowest BCUT2D eigenvalue weighted by Gasteiger charge is -2.07. The van der Waals surface area contributed by atoms with Crippen molar-refractivity contribution in [3.05, 3.63) is 72.1 Å². The van der Waals surface area contributed by atoms with Gasteiger partial charge in [0.25, 0.3) is 5.91 Å². The van der Waals surface area contributed by atoms with Gasteiger partial charge in [0.2, 0.25) is 0 Å². The molecule has 4 aromatic rings. The molecule has 0 fully saturated rings. The Labute approximate surface area is 143 Å². The molecule has 0 saturated carbocycles. The highest BCUT2D eigenvalue weighted by Crippen LogP contribution is 2.17. The summed E-state index contributed by atoms with van der Waals surface area (Å²) in [6, 6.07) is 12.9. The molecule has 1 aromatic carbocycles. The van der Waals surface area contributed by atoms with Crippen LogP contribution in [-0.2, 0) is 0 Å². The highest BCUT2D eigenvalue weighted by Gasteiger charge is 2.12. The van der Waals surface area contributed by atoms with Crippen LogP contribution in [0.25, 0.3) is 11.2 Å². The van der Waals surface area contributed by atoms with Crippen LogP contribution in [-0.4, -0.2) is 30.3 Å². The lowest BCUT2D eigenvalue weighted by Crippen LogP contribution is -2.12. The molecular formula is C18H16N6O. The maximum absolute atomic E-state index is 12.4. The molecule has 0 radical (unpaired) electrons. The Bertz CT molecular complexity index is 1030. The molecule has 25 heavy (non-hydrogen) atoms. The Morgan fingerprint density at radius 3 is 2.60 bits per heavy atom. The molecule has 7 heteroatoms. The Balaban J connectivity index is 1.54. The van der Waals surface area contributed by atoms with Crippen molar-refractivity contribution in [1.82, 2.24) is 24.4 Å².